The minimum Gasteiger partial charge on any atom is -0.309 e. The Morgan fingerprint density at radius 2 is 0.919 bits per heavy atom. The topological polar surface area (TPSA) is 43.6 Å². The first kappa shape index (κ1) is 21.5. The predicted octanol–water partition coefficient (Wildman–Crippen LogP) is 15.3. The van der Waals surface area contributed by atoms with Gasteiger partial charge in [-0.3, -0.25) is 0 Å². The number of aromatic nitrogens is 4. The molecule has 0 bridgehead atoms. The highest BCUT2D eigenvalue weighted by Gasteiger charge is 2.21. The van der Waals surface area contributed by atoms with Gasteiger partial charge in [-0.2, -0.15) is 0 Å². The van der Waals surface area contributed by atoms with Crippen molar-refractivity contribution in [2.24, 2.45) is 0 Å². The van der Waals surface area contributed by atoms with Gasteiger partial charge in [0.2, 0.25) is 0 Å². The molecule has 3 heterocycles. The summed E-state index contributed by atoms with van der Waals surface area (Å²) in [7, 11) is 0. The number of para-hydroxylation sites is 2. The third-order valence-electron chi connectivity index (χ3n) is 10.6. The van der Waals surface area contributed by atoms with Crippen LogP contribution >= 0.6 is 11.3 Å². The second-order valence-corrected chi connectivity index (χ2v) is 15.2. The van der Waals surface area contributed by atoms with E-state index in [0.29, 0.717) is 5.56 Å². The lowest BCUT2D eigenvalue weighted by atomic mass is 9.96. The lowest BCUT2D eigenvalue weighted by molar-refractivity contribution is 1.08. The van der Waals surface area contributed by atoms with Crippen LogP contribution in [-0.2, 0) is 0 Å². The molecule has 9 aromatic carbocycles. The molecule has 0 fully saturated rings. The molecule has 0 atom stereocenters. The van der Waals surface area contributed by atoms with E-state index in [0.717, 1.165) is 49.3 Å². The first-order chi connectivity index (χ1) is 38.6. The molecule has 0 aliphatic rings. The van der Waals surface area contributed by atoms with E-state index >= 15 is 0 Å². The Bertz CT molecular complexity index is 4730. The van der Waals surface area contributed by atoms with Crippen LogP contribution in [0.3, 0.4) is 0 Å². The maximum Gasteiger partial charge on any atom is 0.165 e. The monoisotopic (exact) mass is 827 g/mol. The summed E-state index contributed by atoms with van der Waals surface area (Å²) in [6.07, 6.45) is 0. The van der Waals surface area contributed by atoms with E-state index in [1.165, 1.54) is 0 Å². The molecule has 3 aromatic heterocycles. The highest BCUT2D eigenvalue weighted by Crippen LogP contribution is 2.42. The van der Waals surface area contributed by atoms with E-state index in [1.54, 1.807) is 12.1 Å². The van der Waals surface area contributed by atoms with Crippen molar-refractivity contribution < 1.29 is 26.0 Å². The molecule has 62 heavy (non-hydrogen) atoms. The summed E-state index contributed by atoms with van der Waals surface area (Å²) in [5, 5.41) is -0.890. The van der Waals surface area contributed by atoms with Crippen LogP contribution in [0.15, 0.2) is 218 Å². The van der Waals surface area contributed by atoms with E-state index in [1.807, 2.05) is 84.9 Å². The van der Waals surface area contributed by atoms with Crippen LogP contribution in [0.4, 0.5) is 0 Å². The summed E-state index contributed by atoms with van der Waals surface area (Å²) in [6, 6.07) is 20.0. The van der Waals surface area contributed by atoms with Gasteiger partial charge in [-0.05, 0) is 81.8 Å². The molecule has 5 heteroatoms. The lowest BCUT2D eigenvalue weighted by Crippen LogP contribution is -2.01. The van der Waals surface area contributed by atoms with Gasteiger partial charge in [0.1, 0.15) is 0 Å². The Morgan fingerprint density at radius 1 is 0.387 bits per heavy atom. The quantitative estimate of drug-likeness (QED) is 0.161. The first-order valence-electron chi connectivity index (χ1n) is 28.8. The van der Waals surface area contributed by atoms with Crippen molar-refractivity contribution in [3.63, 3.8) is 0 Å². The van der Waals surface area contributed by atoms with Gasteiger partial charge in [-0.25, -0.2) is 15.0 Å². The van der Waals surface area contributed by atoms with Gasteiger partial charge < -0.3 is 4.57 Å². The average molecular weight is 828 g/mol. The highest BCUT2D eigenvalue weighted by molar-refractivity contribution is 7.26. The van der Waals surface area contributed by atoms with Crippen LogP contribution in [0.5, 0.6) is 0 Å². The zero-order valence-electron chi connectivity index (χ0n) is 51.0. The third kappa shape index (κ3) is 6.18. The summed E-state index contributed by atoms with van der Waals surface area (Å²) in [4.78, 5) is 14.6. The van der Waals surface area contributed by atoms with Crippen molar-refractivity contribution in [2.45, 2.75) is 0 Å². The van der Waals surface area contributed by atoms with Crippen molar-refractivity contribution in [1.82, 2.24) is 19.5 Å². The Kier molecular flexibility index (Phi) is 5.18. The number of benzene rings is 9. The Labute approximate surface area is 389 Å². The molecule has 0 radical (unpaired) electrons. The second kappa shape index (κ2) is 14.9. The van der Waals surface area contributed by atoms with Crippen LogP contribution in [0, 0.1) is 0 Å². The lowest BCUT2D eigenvalue weighted by Gasteiger charge is -2.12. The number of rotatable bonds is 7. The second-order valence-electron chi connectivity index (χ2n) is 14.2. The molecule has 0 saturated carbocycles. The molecular weight excluding hydrogens is 773 g/mol. The van der Waals surface area contributed by atoms with Gasteiger partial charge in [-0.1, -0.05) is 170 Å². The fraction of sp³-hybridized carbons (Fsp3) is 0. The largest absolute Gasteiger partial charge is 0.309 e. The zero-order chi connectivity index (χ0) is 57.5. The van der Waals surface area contributed by atoms with Crippen molar-refractivity contribution in [2.75, 3.05) is 0 Å². The van der Waals surface area contributed by atoms with Gasteiger partial charge >= 0.3 is 0 Å². The van der Waals surface area contributed by atoms with Gasteiger partial charge in [0.25, 0.3) is 0 Å². The number of hydrogen-bond donors (Lipinski definition) is 0. The van der Waals surface area contributed by atoms with Crippen LogP contribution in [0.25, 0.3) is 115 Å². The summed E-state index contributed by atoms with van der Waals surface area (Å²) >= 11 is 0.818. The molecule has 12 rings (SSSR count). The third-order valence-corrected chi connectivity index (χ3v) is 11.7. The van der Waals surface area contributed by atoms with E-state index < -0.39 is 143 Å². The molecule has 0 unspecified atom stereocenters. The van der Waals surface area contributed by atoms with E-state index in [2.05, 4.69) is 6.07 Å². The molecular formula is C57H36N4S. The minimum atomic E-state index is -0.812. The number of hydrogen-bond acceptors (Lipinski definition) is 4. The van der Waals surface area contributed by atoms with Gasteiger partial charge in [0.05, 0.1) is 37.1 Å². The standard InChI is InChI=1S/C57H36N4S/c1-3-15-37(16-4-1)40-17-11-19-42(35-40)43-20-12-18-41(36-43)38-31-33-39(34-32-38)55-58-56(60-57(59-55)49-27-13-25-46-45-23-8-10-30-52(45)62-54(46)49)48-26-14-29-51-53(48)47-24-7-9-28-50(47)61(51)44-21-5-2-6-22-44/h1-36H/i2D,5D,6D,7D,8D,9D,10D,13D,14D,21D,22D,23D,24D,25D,26D,27D,28D,29D,30D. The molecule has 0 N–H and O–H groups in total. The molecule has 0 amide bonds. The zero-order valence-corrected chi connectivity index (χ0v) is 32.8. The van der Waals surface area contributed by atoms with Crippen molar-refractivity contribution >= 4 is 53.3 Å². The van der Waals surface area contributed by atoms with Crippen LogP contribution in [0.2, 0.25) is 0 Å². The normalized spacial score (nSPS) is 15.8. The Balaban J connectivity index is 1.15. The van der Waals surface area contributed by atoms with E-state index in [4.69, 9.17) is 32.8 Å². The smallest absolute Gasteiger partial charge is 0.165 e. The number of fused-ring (bicyclic) bond motifs is 6. The molecule has 290 valence electrons. The van der Waals surface area contributed by atoms with Crippen molar-refractivity contribution in [3.8, 4) is 73.2 Å². The SMILES string of the molecule is [2H]c1c([2H])c([2H])c(-n2c3c([2H])c([2H])c([2H])c([2H])c3c3c(-c4nc(-c5ccc(-c6cccc(-c7cccc(-c8ccccc8)c7)c6)cc5)nc(-c5c([2H])c([2H])c([2H])c6c5sc5c([2H])c([2H])c([2H])c([2H])c56)n4)c([2H])c([2H])c([2H])c32)c([2H])c1[2H]. The molecule has 0 spiro atoms. The van der Waals surface area contributed by atoms with Crippen molar-refractivity contribution in [3.05, 3.63) is 218 Å². The summed E-state index contributed by atoms with van der Waals surface area (Å²) < 4.78 is 171. The summed E-state index contributed by atoms with van der Waals surface area (Å²) in [5.41, 5.74) is 3.79. The molecule has 0 saturated heterocycles. The Morgan fingerprint density at radius 3 is 1.68 bits per heavy atom. The maximum atomic E-state index is 9.62. The molecule has 0 aliphatic carbocycles. The summed E-state index contributed by atoms with van der Waals surface area (Å²) in [5.74, 6) is -0.988. The summed E-state index contributed by atoms with van der Waals surface area (Å²) in [6.45, 7) is 0. The minimum absolute atomic E-state index is 0.0171. The average Bonchev–Trinajstić information content (AvgIpc) is 2.50. The van der Waals surface area contributed by atoms with Gasteiger partial charge in [0.15, 0.2) is 17.5 Å². The van der Waals surface area contributed by atoms with E-state index in [-0.39, 0.29) is 48.2 Å². The van der Waals surface area contributed by atoms with E-state index in [9.17, 15) is 8.22 Å². The fourth-order valence-corrected chi connectivity index (χ4v) is 8.79. The van der Waals surface area contributed by atoms with Crippen LogP contribution in [0.1, 0.15) is 26.0 Å². The van der Waals surface area contributed by atoms with Crippen molar-refractivity contribution in [1.29, 1.82) is 0 Å². The molecule has 12 aromatic rings. The van der Waals surface area contributed by atoms with Gasteiger partial charge in [0, 0.05) is 53.3 Å². The molecule has 4 nitrogen and oxygen atoms in total. The number of nitrogens with zero attached hydrogens (tertiary/aromatic N) is 4. The molecule has 0 aliphatic heterocycles. The maximum absolute atomic E-state index is 9.62. The highest BCUT2D eigenvalue weighted by atomic mass is 32.1. The number of thiophene rings is 1. The van der Waals surface area contributed by atoms with Crippen LogP contribution < -0.4 is 0 Å². The van der Waals surface area contributed by atoms with Crippen LogP contribution in [-0.4, -0.2) is 19.5 Å². The fourth-order valence-electron chi connectivity index (χ4n) is 7.73. The van der Waals surface area contributed by atoms with Gasteiger partial charge in [-0.15, -0.1) is 11.3 Å². The predicted molar refractivity (Wildman–Crippen MR) is 260 cm³/mol. The first-order valence-corrected chi connectivity index (χ1v) is 20.1. The Hall–Kier alpha value is -7.99.